The van der Waals surface area contributed by atoms with Gasteiger partial charge in [0.05, 0.1) is 29.8 Å². The molecule has 1 aromatic carbocycles. The molecule has 1 saturated heterocycles. The molecule has 0 N–H and O–H groups in total. The number of hydrogen-bond donors (Lipinski definition) is 0. The summed E-state index contributed by atoms with van der Waals surface area (Å²) in [5.41, 5.74) is 1.97. The second kappa shape index (κ2) is 10.2. The predicted octanol–water partition coefficient (Wildman–Crippen LogP) is 2.61. The van der Waals surface area contributed by atoms with E-state index in [2.05, 4.69) is 4.90 Å². The van der Waals surface area contributed by atoms with Crippen molar-refractivity contribution in [2.24, 2.45) is 5.10 Å². The van der Waals surface area contributed by atoms with E-state index in [1.807, 2.05) is 47.8 Å². The molecule has 1 unspecified atom stereocenters. The second-order valence-corrected chi connectivity index (χ2v) is 8.74. The molecule has 1 atom stereocenters. The quantitative estimate of drug-likeness (QED) is 0.664. The lowest BCUT2D eigenvalue weighted by Gasteiger charge is -2.30. The summed E-state index contributed by atoms with van der Waals surface area (Å²) in [6.07, 6.45) is 0.671. The van der Waals surface area contributed by atoms with Crippen molar-refractivity contribution in [2.75, 3.05) is 45.9 Å². The van der Waals surface area contributed by atoms with Gasteiger partial charge in [-0.2, -0.15) is 5.10 Å². The fraction of sp³-hybridized carbons (Fsp3) is 0.435. The van der Waals surface area contributed by atoms with E-state index in [-0.39, 0.29) is 24.4 Å². The van der Waals surface area contributed by atoms with Crippen LogP contribution in [-0.4, -0.2) is 78.3 Å². The third-order valence-corrected chi connectivity index (χ3v) is 6.64. The van der Waals surface area contributed by atoms with E-state index in [0.29, 0.717) is 26.2 Å². The van der Waals surface area contributed by atoms with Gasteiger partial charge >= 0.3 is 0 Å². The normalized spacial score (nSPS) is 19.3. The zero-order valence-electron chi connectivity index (χ0n) is 17.8. The number of rotatable bonds is 7. The van der Waals surface area contributed by atoms with E-state index < -0.39 is 0 Å². The average molecular weight is 441 g/mol. The SMILES string of the molecule is CC(=O)N(CCN1CCOCC1)CC(=O)N1N=C(c2cccs2)CC1c1ccccc1. The smallest absolute Gasteiger partial charge is 0.262 e. The van der Waals surface area contributed by atoms with Crippen LogP contribution in [0, 0.1) is 0 Å². The Bertz CT molecular complexity index is 910. The van der Waals surface area contributed by atoms with Crippen LogP contribution in [0.2, 0.25) is 0 Å². The molecule has 164 valence electrons. The highest BCUT2D eigenvalue weighted by Crippen LogP contribution is 2.33. The Kier molecular flexibility index (Phi) is 7.11. The van der Waals surface area contributed by atoms with Crippen LogP contribution < -0.4 is 0 Å². The largest absolute Gasteiger partial charge is 0.379 e. The fourth-order valence-electron chi connectivity index (χ4n) is 3.94. The molecule has 4 rings (SSSR count). The van der Waals surface area contributed by atoms with E-state index in [0.717, 1.165) is 35.8 Å². The van der Waals surface area contributed by atoms with Crippen LogP contribution in [0.3, 0.4) is 0 Å². The summed E-state index contributed by atoms with van der Waals surface area (Å²) in [4.78, 5) is 30.5. The maximum absolute atomic E-state index is 13.3. The lowest BCUT2D eigenvalue weighted by molar-refractivity contribution is -0.140. The molecule has 2 aliphatic heterocycles. The molecule has 2 aliphatic rings. The van der Waals surface area contributed by atoms with Crippen molar-refractivity contribution in [3.8, 4) is 0 Å². The number of nitrogens with zero attached hydrogens (tertiary/aromatic N) is 4. The minimum Gasteiger partial charge on any atom is -0.379 e. The lowest BCUT2D eigenvalue weighted by Crippen LogP contribution is -2.45. The van der Waals surface area contributed by atoms with Gasteiger partial charge in [0.25, 0.3) is 5.91 Å². The van der Waals surface area contributed by atoms with Gasteiger partial charge in [-0.15, -0.1) is 11.3 Å². The third kappa shape index (κ3) is 5.39. The first-order chi connectivity index (χ1) is 15.1. The highest BCUT2D eigenvalue weighted by atomic mass is 32.1. The van der Waals surface area contributed by atoms with E-state index >= 15 is 0 Å². The summed E-state index contributed by atoms with van der Waals surface area (Å²) in [6.45, 7) is 5.95. The van der Waals surface area contributed by atoms with Gasteiger partial charge in [0.1, 0.15) is 6.54 Å². The monoisotopic (exact) mass is 440 g/mol. The Balaban J connectivity index is 1.48. The summed E-state index contributed by atoms with van der Waals surface area (Å²) >= 11 is 1.62. The summed E-state index contributed by atoms with van der Waals surface area (Å²) in [5.74, 6) is -0.253. The summed E-state index contributed by atoms with van der Waals surface area (Å²) in [7, 11) is 0. The minimum atomic E-state index is -0.155. The third-order valence-electron chi connectivity index (χ3n) is 5.72. The Morgan fingerprint density at radius 1 is 1.16 bits per heavy atom. The molecule has 0 bridgehead atoms. The van der Waals surface area contributed by atoms with Crippen molar-refractivity contribution in [1.29, 1.82) is 0 Å². The van der Waals surface area contributed by atoms with Crippen molar-refractivity contribution in [3.05, 3.63) is 58.3 Å². The molecular weight excluding hydrogens is 412 g/mol. The van der Waals surface area contributed by atoms with Crippen LogP contribution in [0.15, 0.2) is 52.9 Å². The van der Waals surface area contributed by atoms with Gasteiger partial charge in [-0.3, -0.25) is 14.5 Å². The maximum atomic E-state index is 13.3. The Morgan fingerprint density at radius 3 is 2.61 bits per heavy atom. The number of hydrogen-bond acceptors (Lipinski definition) is 6. The number of ether oxygens (including phenoxy) is 1. The topological polar surface area (TPSA) is 65.5 Å². The number of carbonyl (C=O) groups excluding carboxylic acids is 2. The molecule has 0 aliphatic carbocycles. The van der Waals surface area contributed by atoms with Crippen LogP contribution in [0.25, 0.3) is 0 Å². The number of carbonyl (C=O) groups is 2. The fourth-order valence-corrected chi connectivity index (χ4v) is 4.66. The molecule has 3 heterocycles. The van der Waals surface area contributed by atoms with Crippen molar-refractivity contribution in [2.45, 2.75) is 19.4 Å². The van der Waals surface area contributed by atoms with Crippen LogP contribution in [0.4, 0.5) is 0 Å². The van der Waals surface area contributed by atoms with Crippen molar-refractivity contribution < 1.29 is 14.3 Å². The van der Waals surface area contributed by atoms with Crippen LogP contribution in [0.1, 0.15) is 29.8 Å². The second-order valence-electron chi connectivity index (χ2n) is 7.79. The summed E-state index contributed by atoms with van der Waals surface area (Å²) in [6, 6.07) is 13.8. The molecule has 0 spiro atoms. The highest BCUT2D eigenvalue weighted by molar-refractivity contribution is 7.12. The highest BCUT2D eigenvalue weighted by Gasteiger charge is 2.34. The Labute approximate surface area is 186 Å². The first kappa shape index (κ1) is 21.7. The molecule has 0 saturated carbocycles. The van der Waals surface area contributed by atoms with Gasteiger partial charge in [-0.05, 0) is 17.0 Å². The first-order valence-corrected chi connectivity index (χ1v) is 11.5. The summed E-state index contributed by atoms with van der Waals surface area (Å²) < 4.78 is 5.38. The van der Waals surface area contributed by atoms with Gasteiger partial charge in [-0.25, -0.2) is 5.01 Å². The van der Waals surface area contributed by atoms with E-state index in [1.54, 1.807) is 21.2 Å². The first-order valence-electron chi connectivity index (χ1n) is 10.7. The van der Waals surface area contributed by atoms with Crippen molar-refractivity contribution >= 4 is 28.9 Å². The van der Waals surface area contributed by atoms with Crippen LogP contribution >= 0.6 is 11.3 Å². The lowest BCUT2D eigenvalue weighted by atomic mass is 10.0. The molecule has 2 aromatic rings. The van der Waals surface area contributed by atoms with Gasteiger partial charge in [0.2, 0.25) is 5.91 Å². The van der Waals surface area contributed by atoms with E-state index in [9.17, 15) is 9.59 Å². The average Bonchev–Trinajstić information content (AvgIpc) is 3.47. The molecule has 31 heavy (non-hydrogen) atoms. The van der Waals surface area contributed by atoms with Gasteiger partial charge < -0.3 is 9.64 Å². The predicted molar refractivity (Wildman–Crippen MR) is 121 cm³/mol. The number of amides is 2. The van der Waals surface area contributed by atoms with Gasteiger partial charge in [0, 0.05) is 39.5 Å². The number of benzene rings is 1. The molecule has 2 amide bonds. The summed E-state index contributed by atoms with van der Waals surface area (Å²) in [5, 5.41) is 8.29. The number of thiophene rings is 1. The molecule has 7 nitrogen and oxygen atoms in total. The van der Waals surface area contributed by atoms with Crippen molar-refractivity contribution in [1.82, 2.24) is 14.8 Å². The zero-order chi connectivity index (χ0) is 21.6. The minimum absolute atomic E-state index is 0.0320. The molecule has 1 aromatic heterocycles. The van der Waals surface area contributed by atoms with Gasteiger partial charge in [0.15, 0.2) is 0 Å². The number of hydrazone groups is 1. The standard InChI is InChI=1S/C23H28N4O3S/c1-18(28)26(10-9-25-11-13-30-14-12-25)17-23(29)27-21(19-6-3-2-4-7-19)16-20(24-27)22-8-5-15-31-22/h2-8,15,21H,9-14,16-17H2,1H3. The molecular formula is C23H28N4O3S. The van der Waals surface area contributed by atoms with E-state index in [4.69, 9.17) is 9.84 Å². The zero-order valence-corrected chi connectivity index (χ0v) is 18.6. The maximum Gasteiger partial charge on any atom is 0.262 e. The van der Waals surface area contributed by atoms with Gasteiger partial charge in [-0.1, -0.05) is 36.4 Å². The van der Waals surface area contributed by atoms with E-state index in [1.165, 1.54) is 6.92 Å². The Morgan fingerprint density at radius 2 is 1.94 bits per heavy atom. The Hall–Kier alpha value is -2.55. The van der Waals surface area contributed by atoms with Crippen molar-refractivity contribution in [3.63, 3.8) is 0 Å². The molecule has 8 heteroatoms. The van der Waals surface area contributed by atoms with Crippen LogP contribution in [0.5, 0.6) is 0 Å². The molecule has 1 fully saturated rings. The number of morpholine rings is 1. The molecule has 0 radical (unpaired) electrons. The van der Waals surface area contributed by atoms with Crippen LogP contribution in [-0.2, 0) is 14.3 Å².